The summed E-state index contributed by atoms with van der Waals surface area (Å²) in [4.78, 5) is 18.9. The topological polar surface area (TPSA) is 41.9 Å². The fourth-order valence-electron chi connectivity index (χ4n) is 3.37. The Morgan fingerprint density at radius 3 is 2.35 bits per heavy atom. The molecule has 0 amide bonds. The van der Waals surface area contributed by atoms with E-state index in [-0.39, 0.29) is 5.97 Å². The molecule has 0 spiro atoms. The second-order valence-corrected chi connectivity index (χ2v) is 8.78. The minimum Gasteiger partial charge on any atom is -0.463 e. The molecule has 0 fully saturated rings. The average Bonchev–Trinajstić information content (AvgIpc) is 3.04. The lowest BCUT2D eigenvalue weighted by Crippen LogP contribution is -2.36. The lowest BCUT2D eigenvalue weighted by Gasteiger charge is -2.25. The fourth-order valence-corrected chi connectivity index (χ4v) is 3.37. The van der Waals surface area contributed by atoms with Gasteiger partial charge in [0.15, 0.2) is 0 Å². The first-order valence-corrected chi connectivity index (χ1v) is 10.8. The first kappa shape index (κ1) is 23.0. The van der Waals surface area contributed by atoms with Crippen molar-refractivity contribution in [1.29, 1.82) is 0 Å². The molecule has 0 radical (unpaired) electrons. The van der Waals surface area contributed by atoms with Crippen molar-refractivity contribution in [2.75, 3.05) is 26.2 Å². The highest BCUT2D eigenvalue weighted by molar-refractivity contribution is 5.85. The van der Waals surface area contributed by atoms with Crippen LogP contribution < -0.4 is 0 Å². The fraction of sp³-hybridized carbons (Fsp3) is 0.909. The summed E-state index contributed by atoms with van der Waals surface area (Å²) >= 11 is 0. The Bertz CT molecular complexity index is 426. The van der Waals surface area contributed by atoms with Crippen molar-refractivity contribution in [1.82, 2.24) is 4.90 Å². The van der Waals surface area contributed by atoms with E-state index in [0.717, 1.165) is 19.6 Å². The number of aliphatic imine (C=N–C) groups is 1. The summed E-state index contributed by atoms with van der Waals surface area (Å²) in [6, 6.07) is 0. The summed E-state index contributed by atoms with van der Waals surface area (Å²) in [5, 5.41) is 0. The van der Waals surface area contributed by atoms with E-state index in [9.17, 15) is 4.79 Å². The van der Waals surface area contributed by atoms with Crippen LogP contribution in [0.15, 0.2) is 4.99 Å². The van der Waals surface area contributed by atoms with E-state index < -0.39 is 5.41 Å². The summed E-state index contributed by atoms with van der Waals surface area (Å²) in [6.07, 6.45) is 12.1. The lowest BCUT2D eigenvalue weighted by molar-refractivity contribution is -0.153. The Hall–Kier alpha value is -1.06. The van der Waals surface area contributed by atoms with Gasteiger partial charge in [-0.15, -0.1) is 0 Å². The molecule has 0 saturated heterocycles. The zero-order valence-electron chi connectivity index (χ0n) is 18.0. The molecule has 0 aromatic rings. The van der Waals surface area contributed by atoms with Crippen molar-refractivity contribution in [2.45, 2.75) is 92.4 Å². The van der Waals surface area contributed by atoms with E-state index in [1.54, 1.807) is 0 Å². The molecule has 0 aromatic heterocycles. The molecule has 1 atom stereocenters. The highest BCUT2D eigenvalue weighted by Crippen LogP contribution is 2.19. The number of amidine groups is 1. The minimum atomic E-state index is -0.425. The van der Waals surface area contributed by atoms with Gasteiger partial charge in [0.1, 0.15) is 12.4 Å². The van der Waals surface area contributed by atoms with E-state index in [1.807, 2.05) is 20.8 Å². The van der Waals surface area contributed by atoms with Crippen LogP contribution in [-0.4, -0.2) is 42.9 Å². The number of nitrogens with zero attached hydrogens (tertiary/aromatic N) is 2. The molecule has 1 unspecified atom stereocenters. The van der Waals surface area contributed by atoms with Crippen LogP contribution in [0.5, 0.6) is 0 Å². The molecule has 0 aliphatic carbocycles. The maximum absolute atomic E-state index is 11.9. The van der Waals surface area contributed by atoms with Crippen molar-refractivity contribution >= 4 is 11.8 Å². The zero-order chi connectivity index (χ0) is 19.4. The number of esters is 1. The normalized spacial score (nSPS) is 15.9. The van der Waals surface area contributed by atoms with Crippen molar-refractivity contribution in [3.05, 3.63) is 0 Å². The van der Waals surface area contributed by atoms with Crippen LogP contribution in [0.4, 0.5) is 0 Å². The van der Waals surface area contributed by atoms with E-state index >= 15 is 0 Å². The van der Waals surface area contributed by atoms with Crippen LogP contribution in [0.25, 0.3) is 0 Å². The Balaban J connectivity index is 2.18. The Morgan fingerprint density at radius 1 is 1.12 bits per heavy atom. The van der Waals surface area contributed by atoms with E-state index in [2.05, 4.69) is 18.7 Å². The van der Waals surface area contributed by atoms with Crippen molar-refractivity contribution in [2.24, 2.45) is 16.3 Å². The Kier molecular flexibility index (Phi) is 10.9. The van der Waals surface area contributed by atoms with Crippen LogP contribution in [-0.2, 0) is 9.53 Å². The quantitative estimate of drug-likeness (QED) is 0.321. The third-order valence-electron chi connectivity index (χ3n) is 5.11. The third-order valence-corrected chi connectivity index (χ3v) is 5.11. The van der Waals surface area contributed by atoms with Crippen LogP contribution in [0, 0.1) is 11.3 Å². The highest BCUT2D eigenvalue weighted by atomic mass is 16.5. The first-order valence-electron chi connectivity index (χ1n) is 10.8. The van der Waals surface area contributed by atoms with Crippen LogP contribution in [0.3, 0.4) is 0 Å². The summed E-state index contributed by atoms with van der Waals surface area (Å²) in [6.45, 7) is 13.3. The van der Waals surface area contributed by atoms with E-state index in [1.165, 1.54) is 63.6 Å². The van der Waals surface area contributed by atoms with E-state index in [4.69, 9.17) is 9.73 Å². The predicted molar refractivity (Wildman–Crippen MR) is 111 cm³/mol. The van der Waals surface area contributed by atoms with Gasteiger partial charge in [-0.25, -0.2) is 0 Å². The van der Waals surface area contributed by atoms with Crippen LogP contribution >= 0.6 is 0 Å². The van der Waals surface area contributed by atoms with Gasteiger partial charge in [0.05, 0.1) is 18.5 Å². The smallest absolute Gasteiger partial charge is 0.311 e. The number of ether oxygens (including phenoxy) is 1. The van der Waals surface area contributed by atoms with Crippen molar-refractivity contribution < 1.29 is 9.53 Å². The molecule has 1 rings (SSSR count). The summed E-state index contributed by atoms with van der Waals surface area (Å²) in [5.74, 6) is 1.61. The molecule has 4 heteroatoms. The number of rotatable bonds is 13. The minimum absolute atomic E-state index is 0.123. The van der Waals surface area contributed by atoms with Gasteiger partial charge in [-0.05, 0) is 27.2 Å². The van der Waals surface area contributed by atoms with Gasteiger partial charge in [0, 0.05) is 12.5 Å². The molecular formula is C22H42N2O2. The number of hydrogen-bond donors (Lipinski definition) is 0. The van der Waals surface area contributed by atoms with Gasteiger partial charge in [-0.3, -0.25) is 9.79 Å². The Morgan fingerprint density at radius 2 is 1.73 bits per heavy atom. The standard InChI is InChI=1S/C22H42N2O2/c1-6-7-8-9-10-11-12-13-14-19(2)20-23-15-16-24(20)17-18-26-21(25)22(3,4)5/h19H,6-18H2,1-5H3. The summed E-state index contributed by atoms with van der Waals surface area (Å²) < 4.78 is 5.41. The van der Waals surface area contributed by atoms with Gasteiger partial charge in [0.25, 0.3) is 0 Å². The van der Waals surface area contributed by atoms with Gasteiger partial charge in [-0.2, -0.15) is 0 Å². The number of unbranched alkanes of at least 4 members (excludes halogenated alkanes) is 7. The van der Waals surface area contributed by atoms with Gasteiger partial charge in [0.2, 0.25) is 0 Å². The highest BCUT2D eigenvalue weighted by Gasteiger charge is 2.25. The first-order chi connectivity index (χ1) is 12.4. The molecule has 0 aromatic carbocycles. The number of carbonyl (C=O) groups is 1. The van der Waals surface area contributed by atoms with Gasteiger partial charge < -0.3 is 9.64 Å². The lowest BCUT2D eigenvalue weighted by atomic mass is 9.97. The molecule has 0 bridgehead atoms. The molecule has 0 saturated carbocycles. The third kappa shape index (κ3) is 9.05. The van der Waals surface area contributed by atoms with Crippen LogP contribution in [0.2, 0.25) is 0 Å². The largest absolute Gasteiger partial charge is 0.463 e. The van der Waals surface area contributed by atoms with Gasteiger partial charge in [-0.1, -0.05) is 65.2 Å². The summed E-state index contributed by atoms with van der Waals surface area (Å²) in [7, 11) is 0. The molecular weight excluding hydrogens is 324 g/mol. The maximum Gasteiger partial charge on any atom is 0.311 e. The molecule has 1 aliphatic heterocycles. The number of carbonyl (C=O) groups excluding carboxylic acids is 1. The average molecular weight is 367 g/mol. The second kappa shape index (κ2) is 12.3. The molecule has 1 heterocycles. The molecule has 26 heavy (non-hydrogen) atoms. The molecule has 4 nitrogen and oxygen atoms in total. The van der Waals surface area contributed by atoms with Crippen molar-refractivity contribution in [3.8, 4) is 0 Å². The van der Waals surface area contributed by atoms with Crippen LogP contribution in [0.1, 0.15) is 92.4 Å². The summed E-state index contributed by atoms with van der Waals surface area (Å²) in [5.41, 5.74) is -0.425. The maximum atomic E-state index is 11.9. The van der Waals surface area contributed by atoms with E-state index in [0.29, 0.717) is 12.5 Å². The SMILES string of the molecule is CCCCCCCCCCC(C)C1=NCCN1CCOC(=O)C(C)(C)C. The molecule has 0 N–H and O–H groups in total. The molecule has 152 valence electrons. The van der Waals surface area contributed by atoms with Crippen molar-refractivity contribution in [3.63, 3.8) is 0 Å². The molecule has 1 aliphatic rings. The van der Waals surface area contributed by atoms with Gasteiger partial charge >= 0.3 is 5.97 Å². The second-order valence-electron chi connectivity index (χ2n) is 8.78. The Labute approximate surface area is 161 Å². The monoisotopic (exact) mass is 366 g/mol. The predicted octanol–water partition coefficient (Wildman–Crippen LogP) is 5.46. The number of hydrogen-bond acceptors (Lipinski definition) is 4. The zero-order valence-corrected chi connectivity index (χ0v) is 18.0.